The summed E-state index contributed by atoms with van der Waals surface area (Å²) in [5.41, 5.74) is 3.78. The van der Waals surface area contributed by atoms with Gasteiger partial charge in [0, 0.05) is 36.3 Å². The molecule has 1 N–H and O–H groups in total. The van der Waals surface area contributed by atoms with E-state index < -0.39 is 0 Å². The lowest BCUT2D eigenvalue weighted by Gasteiger charge is -2.43. The van der Waals surface area contributed by atoms with Crippen molar-refractivity contribution < 1.29 is 31.0 Å². The van der Waals surface area contributed by atoms with Crippen LogP contribution in [0.5, 0.6) is 0 Å². The zero-order valence-electron chi connectivity index (χ0n) is 17.1. The number of carbonyl (C=O) groups excluding carboxylic acids is 1. The van der Waals surface area contributed by atoms with E-state index in [1.807, 2.05) is 43.3 Å². The highest BCUT2D eigenvalue weighted by molar-refractivity contribution is 6.30. The minimum atomic E-state index is -0.372. The summed E-state index contributed by atoms with van der Waals surface area (Å²) in [4.78, 5) is 12.6. The van der Waals surface area contributed by atoms with Gasteiger partial charge in [-0.1, -0.05) is 35.4 Å². The molecule has 0 aliphatic carbocycles. The van der Waals surface area contributed by atoms with Gasteiger partial charge < -0.3 is 26.2 Å². The van der Waals surface area contributed by atoms with Crippen molar-refractivity contribution >= 4 is 23.4 Å². The van der Waals surface area contributed by atoms with Crippen LogP contribution in [-0.2, 0) is 4.74 Å². The SMILES string of the molecule is Cc1ccc(NC(=O)O[C@H]2C[C@H]3CC[C@@H](C2)[N+]3(C)C)c(-c2cccc(Cl)c2)c1.[Br-]. The normalized spacial score (nSPS) is 24.5. The Morgan fingerprint density at radius 2 is 1.79 bits per heavy atom. The summed E-state index contributed by atoms with van der Waals surface area (Å²) in [7, 11) is 4.62. The number of rotatable bonds is 3. The lowest BCUT2D eigenvalue weighted by molar-refractivity contribution is -0.931. The molecule has 2 aromatic carbocycles. The Hall–Kier alpha value is -1.56. The number of benzene rings is 2. The van der Waals surface area contributed by atoms with E-state index in [4.69, 9.17) is 16.3 Å². The Labute approximate surface area is 188 Å². The van der Waals surface area contributed by atoms with Crippen molar-refractivity contribution in [3.63, 3.8) is 0 Å². The second-order valence-corrected chi connectivity index (χ2v) is 9.13. The van der Waals surface area contributed by atoms with E-state index in [2.05, 4.69) is 25.5 Å². The summed E-state index contributed by atoms with van der Waals surface area (Å²) in [5, 5.41) is 3.64. The van der Waals surface area contributed by atoms with Gasteiger partial charge in [0.2, 0.25) is 0 Å². The van der Waals surface area contributed by atoms with Crippen molar-refractivity contribution in [1.82, 2.24) is 0 Å². The van der Waals surface area contributed by atoms with Gasteiger partial charge in [-0.15, -0.1) is 0 Å². The van der Waals surface area contributed by atoms with Gasteiger partial charge in [-0.3, -0.25) is 5.32 Å². The molecule has 3 atom stereocenters. The monoisotopic (exact) mass is 478 g/mol. The Bertz CT molecular complexity index is 886. The minimum absolute atomic E-state index is 0. The van der Waals surface area contributed by atoms with Crippen molar-refractivity contribution in [3.8, 4) is 11.1 Å². The fraction of sp³-hybridized carbons (Fsp3) is 0.435. The molecule has 2 fully saturated rings. The predicted molar refractivity (Wildman–Crippen MR) is 114 cm³/mol. The zero-order valence-corrected chi connectivity index (χ0v) is 19.5. The molecule has 156 valence electrons. The van der Waals surface area contributed by atoms with Crippen LogP contribution in [-0.4, -0.2) is 42.9 Å². The number of carbonyl (C=O) groups is 1. The van der Waals surface area contributed by atoms with Crippen LogP contribution >= 0.6 is 11.6 Å². The van der Waals surface area contributed by atoms with E-state index in [1.165, 1.54) is 12.8 Å². The molecule has 6 heteroatoms. The third kappa shape index (κ3) is 4.62. The van der Waals surface area contributed by atoms with Crippen LogP contribution in [0.3, 0.4) is 0 Å². The number of nitrogens with zero attached hydrogens (tertiary/aromatic N) is 1. The highest BCUT2D eigenvalue weighted by Gasteiger charge is 2.49. The van der Waals surface area contributed by atoms with E-state index in [9.17, 15) is 4.79 Å². The molecule has 0 radical (unpaired) electrons. The molecule has 4 rings (SSSR count). The number of amides is 1. The van der Waals surface area contributed by atoms with Crippen LogP contribution in [0.25, 0.3) is 11.1 Å². The summed E-state index contributed by atoms with van der Waals surface area (Å²) >= 11 is 6.16. The van der Waals surface area contributed by atoms with Gasteiger partial charge in [-0.25, -0.2) is 4.79 Å². The Morgan fingerprint density at radius 1 is 1.10 bits per heavy atom. The number of aryl methyl sites for hydroxylation is 1. The first-order valence-electron chi connectivity index (χ1n) is 10.0. The first-order chi connectivity index (χ1) is 13.3. The number of halogens is 2. The highest BCUT2D eigenvalue weighted by Crippen LogP contribution is 2.40. The fourth-order valence-electron chi connectivity index (χ4n) is 4.88. The second kappa shape index (κ2) is 8.66. The topological polar surface area (TPSA) is 38.3 Å². The predicted octanol–water partition coefficient (Wildman–Crippen LogP) is 2.64. The van der Waals surface area contributed by atoms with Crippen LogP contribution in [0.4, 0.5) is 10.5 Å². The number of fused-ring (bicyclic) bond motifs is 2. The van der Waals surface area contributed by atoms with Crippen LogP contribution < -0.4 is 22.3 Å². The van der Waals surface area contributed by atoms with Gasteiger partial charge in [0.15, 0.2) is 0 Å². The van der Waals surface area contributed by atoms with Gasteiger partial charge in [0.25, 0.3) is 0 Å². The lowest BCUT2D eigenvalue weighted by Crippen LogP contribution is -3.00. The molecule has 1 amide bonds. The summed E-state index contributed by atoms with van der Waals surface area (Å²) in [6, 6.07) is 14.8. The van der Waals surface area contributed by atoms with E-state index >= 15 is 0 Å². The Morgan fingerprint density at radius 3 is 2.45 bits per heavy atom. The molecule has 0 aromatic heterocycles. The smallest absolute Gasteiger partial charge is 0.411 e. The van der Waals surface area contributed by atoms with Crippen LogP contribution in [0, 0.1) is 6.92 Å². The molecule has 2 heterocycles. The zero-order chi connectivity index (χ0) is 19.9. The molecular formula is C23H28BrClN2O2. The summed E-state index contributed by atoms with van der Waals surface area (Å²) in [5.74, 6) is 0. The van der Waals surface area contributed by atoms with E-state index in [0.29, 0.717) is 17.1 Å². The number of hydrogen-bond donors (Lipinski definition) is 1. The number of quaternary nitrogens is 1. The number of nitrogens with one attached hydrogen (secondary N) is 1. The summed E-state index contributed by atoms with van der Waals surface area (Å²) in [6.07, 6.45) is 4.00. The van der Waals surface area contributed by atoms with Gasteiger partial charge in [-0.05, 0) is 36.8 Å². The molecule has 4 nitrogen and oxygen atoms in total. The standard InChI is InChI=1S/C23H27ClN2O2.BrH/c1-15-7-10-22(21(11-15)16-5-4-6-17(24)12-16)25-23(27)28-20-13-18-8-9-19(14-20)26(18,2)3;/h4-7,10-12,18-20H,8-9,13-14H2,1-3H3;1H/t18-,19+,20+;. The van der Waals surface area contributed by atoms with Crippen molar-refractivity contribution in [2.45, 2.75) is 50.8 Å². The van der Waals surface area contributed by atoms with Crippen molar-refractivity contribution in [3.05, 3.63) is 53.1 Å². The van der Waals surface area contributed by atoms with Crippen LogP contribution in [0.2, 0.25) is 5.02 Å². The molecule has 2 aliphatic heterocycles. The maximum absolute atomic E-state index is 12.6. The molecule has 2 bridgehead atoms. The van der Waals surface area contributed by atoms with Crippen molar-refractivity contribution in [2.75, 3.05) is 19.4 Å². The lowest BCUT2D eigenvalue weighted by atomic mass is 9.98. The third-order valence-electron chi connectivity index (χ3n) is 6.61. The Kier molecular flexibility index (Phi) is 6.61. The van der Waals surface area contributed by atoms with Crippen molar-refractivity contribution in [1.29, 1.82) is 0 Å². The molecule has 2 aliphatic rings. The number of piperidine rings is 1. The van der Waals surface area contributed by atoms with Crippen LogP contribution in [0.15, 0.2) is 42.5 Å². The maximum atomic E-state index is 12.6. The summed E-state index contributed by atoms with van der Waals surface area (Å²) < 4.78 is 6.90. The minimum Gasteiger partial charge on any atom is -1.00 e. The average Bonchev–Trinajstić information content (AvgIpc) is 2.81. The van der Waals surface area contributed by atoms with Crippen LogP contribution in [0.1, 0.15) is 31.2 Å². The quantitative estimate of drug-likeness (QED) is 0.688. The highest BCUT2D eigenvalue weighted by atomic mass is 79.9. The first-order valence-corrected chi connectivity index (χ1v) is 10.4. The third-order valence-corrected chi connectivity index (χ3v) is 6.84. The number of hydrogen-bond acceptors (Lipinski definition) is 2. The molecule has 2 saturated heterocycles. The first kappa shape index (κ1) is 22.1. The van der Waals surface area contributed by atoms with Gasteiger partial charge in [0.1, 0.15) is 6.10 Å². The molecule has 0 unspecified atom stereocenters. The second-order valence-electron chi connectivity index (χ2n) is 8.70. The van der Waals surface area contributed by atoms with E-state index in [0.717, 1.165) is 39.7 Å². The van der Waals surface area contributed by atoms with Crippen molar-refractivity contribution in [2.24, 2.45) is 0 Å². The molecular weight excluding hydrogens is 452 g/mol. The average molecular weight is 480 g/mol. The van der Waals surface area contributed by atoms with E-state index in [-0.39, 0.29) is 29.2 Å². The molecule has 0 spiro atoms. The summed E-state index contributed by atoms with van der Waals surface area (Å²) in [6.45, 7) is 2.04. The Balaban J connectivity index is 0.00000240. The van der Waals surface area contributed by atoms with Gasteiger partial charge in [-0.2, -0.15) is 0 Å². The van der Waals surface area contributed by atoms with Gasteiger partial charge in [0.05, 0.1) is 31.9 Å². The van der Waals surface area contributed by atoms with E-state index in [1.54, 1.807) is 0 Å². The number of anilines is 1. The maximum Gasteiger partial charge on any atom is 0.411 e. The molecule has 29 heavy (non-hydrogen) atoms. The largest absolute Gasteiger partial charge is 1.00 e. The molecule has 0 saturated carbocycles. The van der Waals surface area contributed by atoms with Gasteiger partial charge >= 0.3 is 6.09 Å². The fourth-order valence-corrected chi connectivity index (χ4v) is 5.07. The number of ether oxygens (including phenoxy) is 1. The molecule has 2 aromatic rings.